The number of aromatic nitrogens is 2. The number of amides is 1. The Balaban J connectivity index is 1.95. The molecule has 0 aliphatic rings. The van der Waals surface area contributed by atoms with Crippen LogP contribution in [0.2, 0.25) is 0 Å². The third-order valence-electron chi connectivity index (χ3n) is 4.12. The van der Waals surface area contributed by atoms with E-state index >= 15 is 0 Å². The van der Waals surface area contributed by atoms with Crippen LogP contribution in [0.1, 0.15) is 27.0 Å². The van der Waals surface area contributed by atoms with Crippen LogP contribution in [0.3, 0.4) is 0 Å². The summed E-state index contributed by atoms with van der Waals surface area (Å²) in [5.74, 6) is -1.04. The Hall–Kier alpha value is -3.94. The molecule has 0 radical (unpaired) electrons. The van der Waals surface area contributed by atoms with Crippen molar-refractivity contribution in [3.63, 3.8) is 0 Å². The van der Waals surface area contributed by atoms with E-state index in [4.69, 9.17) is 0 Å². The number of H-pyrrole nitrogens is 1. The van der Waals surface area contributed by atoms with Gasteiger partial charge in [-0.05, 0) is 37.6 Å². The SMILES string of the molecule is Cc1cccc(C(=O)NN=Cc2c(O)n(-c3ccccc3C)c(=O)[nH]c2=O)c1. The van der Waals surface area contributed by atoms with Gasteiger partial charge in [-0.2, -0.15) is 5.10 Å². The van der Waals surface area contributed by atoms with Crippen LogP contribution in [0.15, 0.2) is 63.2 Å². The Morgan fingerprint density at radius 2 is 1.89 bits per heavy atom. The molecule has 1 heterocycles. The first-order chi connectivity index (χ1) is 13.4. The average Bonchev–Trinajstić information content (AvgIpc) is 2.65. The first kappa shape index (κ1) is 18.8. The fraction of sp³-hybridized carbons (Fsp3) is 0.100. The minimum absolute atomic E-state index is 0.257. The maximum absolute atomic E-state index is 12.2. The molecule has 0 saturated heterocycles. The number of nitrogens with zero attached hydrogens (tertiary/aromatic N) is 2. The minimum Gasteiger partial charge on any atom is -0.493 e. The van der Waals surface area contributed by atoms with Crippen molar-refractivity contribution in [2.24, 2.45) is 5.10 Å². The van der Waals surface area contributed by atoms with Crippen molar-refractivity contribution in [1.29, 1.82) is 0 Å². The average molecular weight is 378 g/mol. The molecule has 142 valence electrons. The Morgan fingerprint density at radius 1 is 1.14 bits per heavy atom. The molecule has 0 fully saturated rings. The van der Waals surface area contributed by atoms with E-state index < -0.39 is 23.0 Å². The molecule has 0 spiro atoms. The predicted octanol–water partition coefficient (Wildman–Crippen LogP) is 1.61. The highest BCUT2D eigenvalue weighted by Gasteiger charge is 2.15. The van der Waals surface area contributed by atoms with E-state index in [1.54, 1.807) is 49.4 Å². The van der Waals surface area contributed by atoms with E-state index in [9.17, 15) is 19.5 Å². The van der Waals surface area contributed by atoms with Gasteiger partial charge in [-0.1, -0.05) is 35.9 Å². The number of aromatic amines is 1. The normalized spacial score (nSPS) is 10.9. The van der Waals surface area contributed by atoms with Crippen molar-refractivity contribution in [2.75, 3.05) is 0 Å². The fourth-order valence-electron chi connectivity index (χ4n) is 2.70. The van der Waals surface area contributed by atoms with Crippen LogP contribution in [0.4, 0.5) is 0 Å². The van der Waals surface area contributed by atoms with E-state index in [1.807, 2.05) is 13.0 Å². The van der Waals surface area contributed by atoms with Crippen LogP contribution in [-0.4, -0.2) is 26.8 Å². The quantitative estimate of drug-likeness (QED) is 0.472. The van der Waals surface area contributed by atoms with Gasteiger partial charge >= 0.3 is 5.69 Å². The smallest absolute Gasteiger partial charge is 0.335 e. The third kappa shape index (κ3) is 3.75. The summed E-state index contributed by atoms with van der Waals surface area (Å²) in [7, 11) is 0. The summed E-state index contributed by atoms with van der Waals surface area (Å²) in [5.41, 5.74) is 2.89. The Kier molecular flexibility index (Phi) is 5.21. The number of rotatable bonds is 4. The molecule has 28 heavy (non-hydrogen) atoms. The predicted molar refractivity (Wildman–Crippen MR) is 105 cm³/mol. The van der Waals surface area contributed by atoms with Gasteiger partial charge in [-0.25, -0.2) is 14.8 Å². The van der Waals surface area contributed by atoms with Crippen LogP contribution < -0.4 is 16.7 Å². The summed E-state index contributed by atoms with van der Waals surface area (Å²) in [4.78, 5) is 38.5. The van der Waals surface area contributed by atoms with Gasteiger partial charge in [-0.15, -0.1) is 0 Å². The van der Waals surface area contributed by atoms with Crippen molar-refractivity contribution in [1.82, 2.24) is 15.0 Å². The zero-order chi connectivity index (χ0) is 20.3. The van der Waals surface area contributed by atoms with Crippen LogP contribution in [-0.2, 0) is 0 Å². The number of benzene rings is 2. The lowest BCUT2D eigenvalue weighted by atomic mass is 10.1. The zero-order valence-electron chi connectivity index (χ0n) is 15.3. The van der Waals surface area contributed by atoms with Gasteiger partial charge in [0.1, 0.15) is 5.56 Å². The van der Waals surface area contributed by atoms with Crippen molar-refractivity contribution in [3.8, 4) is 11.6 Å². The second-order valence-corrected chi connectivity index (χ2v) is 6.19. The molecule has 0 unspecified atom stereocenters. The van der Waals surface area contributed by atoms with Crippen molar-refractivity contribution < 1.29 is 9.90 Å². The summed E-state index contributed by atoms with van der Waals surface area (Å²) in [6.07, 6.45) is 0.996. The molecular formula is C20H18N4O4. The van der Waals surface area contributed by atoms with Crippen LogP contribution in [0, 0.1) is 13.8 Å². The molecule has 0 bridgehead atoms. The molecule has 8 heteroatoms. The second-order valence-electron chi connectivity index (χ2n) is 6.19. The molecule has 2 aromatic carbocycles. The minimum atomic E-state index is -0.819. The maximum Gasteiger partial charge on any atom is 0.335 e. The van der Waals surface area contributed by atoms with E-state index in [0.29, 0.717) is 11.3 Å². The van der Waals surface area contributed by atoms with Gasteiger partial charge in [0, 0.05) is 5.56 Å². The summed E-state index contributed by atoms with van der Waals surface area (Å²) < 4.78 is 0.973. The molecule has 1 aromatic heterocycles. The number of hydrazone groups is 1. The lowest BCUT2D eigenvalue weighted by Gasteiger charge is -2.11. The second kappa shape index (κ2) is 7.75. The molecule has 3 rings (SSSR count). The number of carbonyl (C=O) groups excluding carboxylic acids is 1. The van der Waals surface area contributed by atoms with Crippen molar-refractivity contribution >= 4 is 12.1 Å². The lowest BCUT2D eigenvalue weighted by molar-refractivity contribution is 0.0955. The molecule has 0 saturated carbocycles. The number of hydrogen-bond acceptors (Lipinski definition) is 5. The number of para-hydroxylation sites is 1. The number of nitrogens with one attached hydrogen (secondary N) is 2. The van der Waals surface area contributed by atoms with E-state index in [0.717, 1.165) is 21.9 Å². The fourth-order valence-corrected chi connectivity index (χ4v) is 2.70. The van der Waals surface area contributed by atoms with E-state index in [1.165, 1.54) is 0 Å². The highest BCUT2D eigenvalue weighted by molar-refractivity contribution is 5.95. The number of hydrogen-bond donors (Lipinski definition) is 3. The van der Waals surface area contributed by atoms with Crippen LogP contribution in [0.25, 0.3) is 5.69 Å². The van der Waals surface area contributed by atoms with Gasteiger partial charge in [0.15, 0.2) is 0 Å². The Labute approximate surface area is 159 Å². The van der Waals surface area contributed by atoms with Crippen LogP contribution in [0.5, 0.6) is 5.88 Å². The molecule has 0 aliphatic heterocycles. The molecule has 1 amide bonds. The summed E-state index contributed by atoms with van der Waals surface area (Å²) in [6, 6.07) is 13.8. The Bertz CT molecular complexity index is 1190. The maximum atomic E-state index is 12.2. The van der Waals surface area contributed by atoms with Gasteiger partial charge in [0.05, 0.1) is 11.9 Å². The highest BCUT2D eigenvalue weighted by Crippen LogP contribution is 2.18. The van der Waals surface area contributed by atoms with E-state index in [2.05, 4.69) is 15.5 Å². The first-order valence-corrected chi connectivity index (χ1v) is 8.43. The molecule has 3 N–H and O–H groups in total. The van der Waals surface area contributed by atoms with Crippen LogP contribution >= 0.6 is 0 Å². The van der Waals surface area contributed by atoms with Gasteiger partial charge in [-0.3, -0.25) is 14.6 Å². The molecule has 3 aromatic rings. The Morgan fingerprint density at radius 3 is 2.61 bits per heavy atom. The molecule has 0 atom stereocenters. The van der Waals surface area contributed by atoms with Crippen molar-refractivity contribution in [2.45, 2.75) is 13.8 Å². The number of carbonyl (C=O) groups is 1. The largest absolute Gasteiger partial charge is 0.493 e. The summed E-state index contributed by atoms with van der Waals surface area (Å²) in [6.45, 7) is 3.62. The molecule has 0 aliphatic carbocycles. The van der Waals surface area contributed by atoms with Crippen molar-refractivity contribution in [3.05, 3.63) is 91.6 Å². The standard InChI is InChI=1S/C20H18N4O4/c1-12-6-5-8-14(10-12)17(25)23-21-11-15-18(26)22-20(28)24(19(15)27)16-9-4-3-7-13(16)2/h3-11,27H,1-2H3,(H,23,25)(H,22,26,28). The monoisotopic (exact) mass is 378 g/mol. The summed E-state index contributed by atoms with van der Waals surface area (Å²) in [5, 5.41) is 14.2. The van der Waals surface area contributed by atoms with Gasteiger partial charge < -0.3 is 5.11 Å². The van der Waals surface area contributed by atoms with E-state index in [-0.39, 0.29) is 5.56 Å². The topological polar surface area (TPSA) is 117 Å². The third-order valence-corrected chi connectivity index (χ3v) is 4.12. The first-order valence-electron chi connectivity index (χ1n) is 8.43. The zero-order valence-corrected chi connectivity index (χ0v) is 15.3. The number of aryl methyl sites for hydroxylation is 2. The molecule has 8 nitrogen and oxygen atoms in total. The van der Waals surface area contributed by atoms with Gasteiger partial charge in [0.2, 0.25) is 5.88 Å². The summed E-state index contributed by atoms with van der Waals surface area (Å²) >= 11 is 0. The highest BCUT2D eigenvalue weighted by atomic mass is 16.3. The molecular weight excluding hydrogens is 360 g/mol. The van der Waals surface area contributed by atoms with Gasteiger partial charge in [0.25, 0.3) is 11.5 Å². The number of aromatic hydroxyl groups is 1. The lowest BCUT2D eigenvalue weighted by Crippen LogP contribution is -2.32.